The zero-order valence-corrected chi connectivity index (χ0v) is 18.9. The van der Waals surface area contributed by atoms with E-state index in [4.69, 9.17) is 16.3 Å². The van der Waals surface area contributed by atoms with Crippen molar-refractivity contribution in [1.82, 2.24) is 9.80 Å². The van der Waals surface area contributed by atoms with E-state index in [9.17, 15) is 19.6 Å². The van der Waals surface area contributed by atoms with Crippen LogP contribution in [-0.4, -0.2) is 59.4 Å². The van der Waals surface area contributed by atoms with Crippen molar-refractivity contribution in [3.05, 3.63) is 58.1 Å². The Hall–Kier alpha value is -3.57. The lowest BCUT2D eigenvalue weighted by atomic mass is 10.1. The molecule has 3 aliphatic heterocycles. The van der Waals surface area contributed by atoms with E-state index in [1.54, 1.807) is 29.9 Å². The molecule has 0 radical (unpaired) electrons. The van der Waals surface area contributed by atoms with E-state index in [-0.39, 0.29) is 40.9 Å². The lowest BCUT2D eigenvalue weighted by Crippen LogP contribution is -2.55. The summed E-state index contributed by atoms with van der Waals surface area (Å²) in [5, 5.41) is 9.42. The van der Waals surface area contributed by atoms with Gasteiger partial charge in [0.2, 0.25) is 5.91 Å². The molecule has 3 atom stereocenters. The lowest BCUT2D eigenvalue weighted by molar-refractivity contribution is -0.135. The minimum Gasteiger partial charge on any atom is -0.497 e. The minimum atomic E-state index is -0.709. The smallest absolute Gasteiger partial charge is 0.332 e. The second-order valence-electron chi connectivity index (χ2n) is 8.52. The van der Waals surface area contributed by atoms with Crippen molar-refractivity contribution in [2.24, 2.45) is 0 Å². The molecule has 3 fully saturated rings. The summed E-state index contributed by atoms with van der Waals surface area (Å²) in [6.07, 6.45) is 0.788. The van der Waals surface area contributed by atoms with E-state index in [0.717, 1.165) is 10.5 Å². The fourth-order valence-electron chi connectivity index (χ4n) is 5.23. The summed E-state index contributed by atoms with van der Waals surface area (Å²) in [7, 11) is 1.58. The highest BCUT2D eigenvalue weighted by atomic mass is 35.5. The number of rotatable bonds is 4. The first-order valence-corrected chi connectivity index (χ1v) is 11.0. The molecule has 5 rings (SSSR count). The van der Waals surface area contributed by atoms with Crippen LogP contribution in [0.4, 0.5) is 10.5 Å². The van der Waals surface area contributed by atoms with E-state index in [0.29, 0.717) is 30.0 Å². The first-order chi connectivity index (χ1) is 15.8. The van der Waals surface area contributed by atoms with Crippen LogP contribution in [0.5, 0.6) is 5.75 Å². The van der Waals surface area contributed by atoms with E-state index in [2.05, 4.69) is 0 Å². The predicted octanol–water partition coefficient (Wildman–Crippen LogP) is 2.89. The van der Waals surface area contributed by atoms with E-state index in [1.165, 1.54) is 6.07 Å². The predicted molar refractivity (Wildman–Crippen MR) is 120 cm³/mol. The molecule has 2 aromatic rings. The number of methoxy groups -OCH3 is 1. The topological polar surface area (TPSA) is 94.0 Å². The maximum atomic E-state index is 13.4. The van der Waals surface area contributed by atoms with Crippen LogP contribution in [0, 0.1) is 18.3 Å². The van der Waals surface area contributed by atoms with Crippen molar-refractivity contribution < 1.29 is 19.1 Å². The molecule has 4 amide bonds. The number of benzene rings is 2. The fraction of sp³-hybridized carbons (Fsp3) is 0.333. The van der Waals surface area contributed by atoms with Crippen LogP contribution in [-0.2, 0) is 16.0 Å². The first-order valence-electron chi connectivity index (χ1n) is 10.6. The summed E-state index contributed by atoms with van der Waals surface area (Å²) in [5.41, 5.74) is 1.98. The molecule has 3 heterocycles. The number of urea groups is 1. The molecule has 0 aromatic heterocycles. The maximum absolute atomic E-state index is 13.4. The van der Waals surface area contributed by atoms with Gasteiger partial charge < -0.3 is 14.5 Å². The first kappa shape index (κ1) is 21.3. The van der Waals surface area contributed by atoms with Crippen LogP contribution >= 0.6 is 11.6 Å². The summed E-state index contributed by atoms with van der Waals surface area (Å²) in [6.45, 7) is 2.09. The highest BCUT2D eigenvalue weighted by molar-refractivity contribution is 6.33. The summed E-state index contributed by atoms with van der Waals surface area (Å²) < 4.78 is 5.23. The Morgan fingerprint density at radius 1 is 1.27 bits per heavy atom. The number of halogens is 1. The van der Waals surface area contributed by atoms with Crippen molar-refractivity contribution in [3.63, 3.8) is 0 Å². The SMILES string of the molecule is COc1cccc(CC(=O)N2C[C@H]3CC2C2C(=O)N(c4ccc(C#N)c(Cl)c4C)C(=O)N23)c1. The van der Waals surface area contributed by atoms with E-state index < -0.39 is 12.1 Å². The van der Waals surface area contributed by atoms with Gasteiger partial charge in [0.25, 0.3) is 5.91 Å². The molecule has 33 heavy (non-hydrogen) atoms. The Balaban J connectivity index is 1.40. The number of likely N-dealkylation sites (tertiary alicyclic amines) is 1. The van der Waals surface area contributed by atoms with Gasteiger partial charge in [-0.2, -0.15) is 5.26 Å². The van der Waals surface area contributed by atoms with Gasteiger partial charge in [0.05, 0.1) is 41.9 Å². The number of carbonyl (C=O) groups excluding carboxylic acids is 3. The number of amides is 4. The third-order valence-corrected chi connectivity index (χ3v) is 7.28. The van der Waals surface area contributed by atoms with Gasteiger partial charge in [0.15, 0.2) is 0 Å². The van der Waals surface area contributed by atoms with Crippen molar-refractivity contribution in [2.45, 2.75) is 37.9 Å². The van der Waals surface area contributed by atoms with E-state index >= 15 is 0 Å². The molecule has 3 saturated heterocycles. The van der Waals surface area contributed by atoms with Gasteiger partial charge in [-0.25, -0.2) is 9.69 Å². The average Bonchev–Trinajstić information content (AvgIpc) is 3.48. The highest BCUT2D eigenvalue weighted by Gasteiger charge is 2.62. The molecular formula is C24H21ClN4O4. The number of nitrogens with zero attached hydrogens (tertiary/aromatic N) is 4. The lowest BCUT2D eigenvalue weighted by Gasteiger charge is -2.35. The second-order valence-corrected chi connectivity index (χ2v) is 8.90. The molecule has 3 aliphatic rings. The maximum Gasteiger partial charge on any atom is 0.332 e. The van der Waals surface area contributed by atoms with Crippen LogP contribution in [0.1, 0.15) is 23.1 Å². The second kappa shape index (κ2) is 7.78. The number of nitriles is 1. The number of anilines is 1. The minimum absolute atomic E-state index is 0.0771. The number of hydrogen-bond donors (Lipinski definition) is 0. The summed E-state index contributed by atoms with van der Waals surface area (Å²) >= 11 is 6.28. The summed E-state index contributed by atoms with van der Waals surface area (Å²) in [6, 6.07) is 10.8. The normalized spacial score (nSPS) is 23.2. The summed E-state index contributed by atoms with van der Waals surface area (Å²) in [5.74, 6) is 0.236. The van der Waals surface area contributed by atoms with Gasteiger partial charge in [-0.15, -0.1) is 0 Å². The molecule has 0 aliphatic carbocycles. The third kappa shape index (κ3) is 3.15. The standard InChI is InChI=1S/C24H21ClN4O4/c1-13-18(7-6-15(11-26)21(13)25)29-23(31)22-19-10-16(28(22)24(29)32)12-27(19)20(30)9-14-4-3-5-17(8-14)33-2/h3-8,16,19,22H,9-10,12H2,1-2H3/t16-,19?,22?/m1/s1. The van der Waals surface area contributed by atoms with E-state index in [1.807, 2.05) is 30.3 Å². The van der Waals surface area contributed by atoms with Crippen molar-refractivity contribution >= 4 is 35.1 Å². The van der Waals surface area contributed by atoms with Crippen LogP contribution in [0.25, 0.3) is 0 Å². The van der Waals surface area contributed by atoms with Gasteiger partial charge >= 0.3 is 6.03 Å². The van der Waals surface area contributed by atoms with Crippen LogP contribution in [0.2, 0.25) is 5.02 Å². The number of hydrogen-bond acceptors (Lipinski definition) is 5. The molecule has 2 unspecified atom stereocenters. The zero-order chi connectivity index (χ0) is 23.4. The highest BCUT2D eigenvalue weighted by Crippen LogP contribution is 2.43. The van der Waals surface area contributed by atoms with Gasteiger partial charge in [-0.3, -0.25) is 9.59 Å². The molecule has 0 spiro atoms. The van der Waals surface area contributed by atoms with Crippen molar-refractivity contribution in [2.75, 3.05) is 18.6 Å². The number of imide groups is 1. The molecule has 2 bridgehead atoms. The van der Waals surface area contributed by atoms with Gasteiger partial charge in [-0.05, 0) is 48.7 Å². The number of fused-ring (bicyclic) bond motifs is 5. The third-order valence-electron chi connectivity index (χ3n) is 6.79. The van der Waals surface area contributed by atoms with Crippen LogP contribution in [0.15, 0.2) is 36.4 Å². The summed E-state index contributed by atoms with van der Waals surface area (Å²) in [4.78, 5) is 44.3. The number of ether oxygens (including phenoxy) is 1. The number of piperazine rings is 1. The van der Waals surface area contributed by atoms with Crippen molar-refractivity contribution in [3.8, 4) is 11.8 Å². The van der Waals surface area contributed by atoms with Crippen molar-refractivity contribution in [1.29, 1.82) is 5.26 Å². The average molecular weight is 465 g/mol. The fourth-order valence-corrected chi connectivity index (χ4v) is 5.43. The molecule has 8 nitrogen and oxygen atoms in total. The Morgan fingerprint density at radius 2 is 2.06 bits per heavy atom. The van der Waals surface area contributed by atoms with Crippen LogP contribution < -0.4 is 9.64 Å². The van der Waals surface area contributed by atoms with Gasteiger partial charge in [0, 0.05) is 6.54 Å². The molecular weight excluding hydrogens is 444 g/mol. The quantitative estimate of drug-likeness (QED) is 0.648. The Morgan fingerprint density at radius 3 is 2.79 bits per heavy atom. The Labute approximate surface area is 195 Å². The molecule has 0 N–H and O–H groups in total. The Bertz CT molecular complexity index is 1240. The monoisotopic (exact) mass is 464 g/mol. The Kier molecular flexibility index (Phi) is 5.02. The molecule has 0 saturated carbocycles. The largest absolute Gasteiger partial charge is 0.497 e. The van der Waals surface area contributed by atoms with Gasteiger partial charge in [0.1, 0.15) is 17.9 Å². The molecule has 9 heteroatoms. The zero-order valence-electron chi connectivity index (χ0n) is 18.1. The van der Waals surface area contributed by atoms with Crippen LogP contribution in [0.3, 0.4) is 0 Å². The molecule has 2 aromatic carbocycles. The van der Waals surface area contributed by atoms with Gasteiger partial charge in [-0.1, -0.05) is 23.7 Å². The number of carbonyl (C=O) groups is 3. The molecule has 168 valence electrons.